The standard InChI is InChI=1S/C14H29NO/c1-5-15-13(10-11(2)3)7-9-14-8-6-12(4)16-14/h11-15H,5-10H2,1-4H3. The Morgan fingerprint density at radius 2 is 2.06 bits per heavy atom. The monoisotopic (exact) mass is 227 g/mol. The van der Waals surface area contributed by atoms with Gasteiger partial charge in [0.1, 0.15) is 0 Å². The van der Waals surface area contributed by atoms with Crippen LogP contribution in [-0.4, -0.2) is 24.8 Å². The van der Waals surface area contributed by atoms with Crippen molar-refractivity contribution >= 4 is 0 Å². The minimum atomic E-state index is 0.493. The van der Waals surface area contributed by atoms with Crippen LogP contribution in [0, 0.1) is 5.92 Å². The fourth-order valence-corrected chi connectivity index (χ4v) is 2.65. The van der Waals surface area contributed by atoms with Crippen LogP contribution in [0.2, 0.25) is 0 Å². The highest BCUT2D eigenvalue weighted by molar-refractivity contribution is 4.75. The van der Waals surface area contributed by atoms with Crippen LogP contribution in [0.5, 0.6) is 0 Å². The molecular weight excluding hydrogens is 198 g/mol. The quantitative estimate of drug-likeness (QED) is 0.720. The Balaban J connectivity index is 2.20. The number of ether oxygens (including phenoxy) is 1. The third-order valence-electron chi connectivity index (χ3n) is 3.41. The van der Waals surface area contributed by atoms with Crippen LogP contribution >= 0.6 is 0 Å². The molecule has 2 nitrogen and oxygen atoms in total. The average Bonchev–Trinajstić information content (AvgIpc) is 2.60. The van der Waals surface area contributed by atoms with E-state index in [2.05, 4.69) is 33.0 Å². The summed E-state index contributed by atoms with van der Waals surface area (Å²) in [4.78, 5) is 0. The highest BCUT2D eigenvalue weighted by Gasteiger charge is 2.22. The Hall–Kier alpha value is -0.0800. The van der Waals surface area contributed by atoms with Gasteiger partial charge >= 0.3 is 0 Å². The zero-order valence-corrected chi connectivity index (χ0v) is 11.5. The first kappa shape index (κ1) is 14.0. The lowest BCUT2D eigenvalue weighted by Crippen LogP contribution is -2.31. The lowest BCUT2D eigenvalue weighted by Gasteiger charge is -2.21. The van der Waals surface area contributed by atoms with E-state index in [0.717, 1.165) is 12.5 Å². The molecule has 1 rings (SSSR count). The molecule has 1 aliphatic rings. The van der Waals surface area contributed by atoms with Gasteiger partial charge in [0.2, 0.25) is 0 Å². The van der Waals surface area contributed by atoms with E-state index in [-0.39, 0.29) is 0 Å². The van der Waals surface area contributed by atoms with Crippen LogP contribution in [0.3, 0.4) is 0 Å². The Bertz CT molecular complexity index is 182. The molecule has 0 aliphatic carbocycles. The van der Waals surface area contributed by atoms with Crippen LogP contribution in [0.1, 0.15) is 59.8 Å². The summed E-state index contributed by atoms with van der Waals surface area (Å²) in [5.41, 5.74) is 0. The summed E-state index contributed by atoms with van der Waals surface area (Å²) < 4.78 is 5.87. The first-order valence-electron chi connectivity index (χ1n) is 7.00. The molecule has 3 unspecified atom stereocenters. The zero-order chi connectivity index (χ0) is 12.0. The van der Waals surface area contributed by atoms with Crippen molar-refractivity contribution in [2.45, 2.75) is 78.0 Å². The third kappa shape index (κ3) is 5.31. The molecule has 0 aromatic heterocycles. The van der Waals surface area contributed by atoms with Crippen molar-refractivity contribution in [2.75, 3.05) is 6.54 Å². The minimum Gasteiger partial charge on any atom is -0.375 e. The molecule has 0 saturated carbocycles. The third-order valence-corrected chi connectivity index (χ3v) is 3.41. The summed E-state index contributed by atoms with van der Waals surface area (Å²) in [6.45, 7) is 10.1. The van der Waals surface area contributed by atoms with Crippen LogP contribution < -0.4 is 5.32 Å². The van der Waals surface area contributed by atoms with Gasteiger partial charge in [0, 0.05) is 6.04 Å². The SMILES string of the molecule is CCNC(CCC1CCC(C)O1)CC(C)C. The molecule has 1 fully saturated rings. The summed E-state index contributed by atoms with van der Waals surface area (Å²) in [5.74, 6) is 0.785. The van der Waals surface area contributed by atoms with Crippen molar-refractivity contribution in [1.82, 2.24) is 5.32 Å². The van der Waals surface area contributed by atoms with Crippen molar-refractivity contribution in [2.24, 2.45) is 5.92 Å². The molecule has 96 valence electrons. The van der Waals surface area contributed by atoms with Gasteiger partial charge in [0.15, 0.2) is 0 Å². The number of nitrogens with one attached hydrogen (secondary N) is 1. The van der Waals surface area contributed by atoms with Crippen molar-refractivity contribution in [3.8, 4) is 0 Å². The van der Waals surface area contributed by atoms with Crippen LogP contribution in [0.4, 0.5) is 0 Å². The predicted octanol–water partition coefficient (Wildman–Crippen LogP) is 3.36. The fourth-order valence-electron chi connectivity index (χ4n) is 2.65. The van der Waals surface area contributed by atoms with E-state index in [1.165, 1.54) is 32.1 Å². The first-order chi connectivity index (χ1) is 7.61. The Morgan fingerprint density at radius 1 is 1.31 bits per heavy atom. The van der Waals surface area contributed by atoms with E-state index in [1.54, 1.807) is 0 Å². The molecule has 1 aliphatic heterocycles. The summed E-state index contributed by atoms with van der Waals surface area (Å²) in [5, 5.41) is 3.59. The lowest BCUT2D eigenvalue weighted by molar-refractivity contribution is 0.0477. The predicted molar refractivity (Wildman–Crippen MR) is 69.7 cm³/mol. The maximum absolute atomic E-state index is 5.87. The molecular formula is C14H29NO. The van der Waals surface area contributed by atoms with E-state index < -0.39 is 0 Å². The Labute approximate surface area is 101 Å². The van der Waals surface area contributed by atoms with Crippen LogP contribution in [0.15, 0.2) is 0 Å². The molecule has 0 radical (unpaired) electrons. The van der Waals surface area contributed by atoms with Crippen molar-refractivity contribution in [3.05, 3.63) is 0 Å². The van der Waals surface area contributed by atoms with Gasteiger partial charge in [0.05, 0.1) is 12.2 Å². The van der Waals surface area contributed by atoms with E-state index in [1.807, 2.05) is 0 Å². The highest BCUT2D eigenvalue weighted by Crippen LogP contribution is 2.24. The Morgan fingerprint density at radius 3 is 2.56 bits per heavy atom. The van der Waals surface area contributed by atoms with Crippen molar-refractivity contribution in [1.29, 1.82) is 0 Å². The maximum Gasteiger partial charge on any atom is 0.0580 e. The molecule has 0 spiro atoms. The maximum atomic E-state index is 5.87. The topological polar surface area (TPSA) is 21.3 Å². The van der Waals surface area contributed by atoms with E-state index in [9.17, 15) is 0 Å². The molecule has 0 amide bonds. The normalized spacial score (nSPS) is 27.6. The average molecular weight is 227 g/mol. The number of hydrogen-bond donors (Lipinski definition) is 1. The summed E-state index contributed by atoms with van der Waals surface area (Å²) >= 11 is 0. The molecule has 1 saturated heterocycles. The second-order valence-corrected chi connectivity index (χ2v) is 5.61. The minimum absolute atomic E-state index is 0.493. The Kier molecular flexibility index (Phi) is 6.37. The van der Waals surface area contributed by atoms with E-state index >= 15 is 0 Å². The van der Waals surface area contributed by atoms with E-state index in [0.29, 0.717) is 18.2 Å². The summed E-state index contributed by atoms with van der Waals surface area (Å²) in [6, 6.07) is 0.685. The smallest absolute Gasteiger partial charge is 0.0580 e. The van der Waals surface area contributed by atoms with Crippen LogP contribution in [-0.2, 0) is 4.74 Å². The molecule has 0 aromatic rings. The van der Waals surface area contributed by atoms with Crippen molar-refractivity contribution in [3.63, 3.8) is 0 Å². The van der Waals surface area contributed by atoms with Gasteiger partial charge in [-0.3, -0.25) is 0 Å². The van der Waals surface area contributed by atoms with Gasteiger partial charge in [-0.2, -0.15) is 0 Å². The largest absolute Gasteiger partial charge is 0.375 e. The highest BCUT2D eigenvalue weighted by atomic mass is 16.5. The van der Waals surface area contributed by atoms with E-state index in [4.69, 9.17) is 4.74 Å². The van der Waals surface area contributed by atoms with Gasteiger partial charge in [-0.25, -0.2) is 0 Å². The summed E-state index contributed by atoms with van der Waals surface area (Å²) in [7, 11) is 0. The molecule has 0 aromatic carbocycles. The second-order valence-electron chi connectivity index (χ2n) is 5.61. The molecule has 2 heteroatoms. The van der Waals surface area contributed by atoms with Gasteiger partial charge in [-0.05, 0) is 51.5 Å². The molecule has 1 N–H and O–H groups in total. The van der Waals surface area contributed by atoms with Crippen molar-refractivity contribution < 1.29 is 4.74 Å². The molecule has 0 bridgehead atoms. The van der Waals surface area contributed by atoms with Gasteiger partial charge in [-0.15, -0.1) is 0 Å². The first-order valence-corrected chi connectivity index (χ1v) is 7.00. The second kappa shape index (κ2) is 7.29. The molecule has 1 heterocycles. The number of rotatable bonds is 7. The van der Waals surface area contributed by atoms with Crippen LogP contribution in [0.25, 0.3) is 0 Å². The molecule has 16 heavy (non-hydrogen) atoms. The summed E-state index contributed by atoms with van der Waals surface area (Å²) in [6.07, 6.45) is 7.33. The van der Waals surface area contributed by atoms with Gasteiger partial charge in [-0.1, -0.05) is 20.8 Å². The molecule has 3 atom stereocenters. The fraction of sp³-hybridized carbons (Fsp3) is 1.00. The van der Waals surface area contributed by atoms with Gasteiger partial charge in [0.25, 0.3) is 0 Å². The van der Waals surface area contributed by atoms with Gasteiger partial charge < -0.3 is 10.1 Å². The zero-order valence-electron chi connectivity index (χ0n) is 11.5. The number of hydrogen-bond acceptors (Lipinski definition) is 2. The lowest BCUT2D eigenvalue weighted by atomic mass is 9.97.